The molecule has 118 valence electrons. The number of fused-ring (bicyclic) bond motifs is 1. The topological polar surface area (TPSA) is 43.1 Å². The fraction of sp³-hybridized carbons (Fsp3) is 0.105. The zero-order valence-electron chi connectivity index (χ0n) is 13.3. The SMILES string of the molecule is Cc1ccccc1Cc1nnc2sc(C=Cc3ccccc3)nn12. The first-order valence-electron chi connectivity index (χ1n) is 7.78. The molecule has 5 heteroatoms. The second kappa shape index (κ2) is 6.37. The van der Waals surface area contributed by atoms with Gasteiger partial charge in [0.2, 0.25) is 4.96 Å². The molecule has 4 rings (SSSR count). The van der Waals surface area contributed by atoms with Crippen molar-refractivity contribution in [2.45, 2.75) is 13.3 Å². The first-order chi connectivity index (χ1) is 11.8. The number of benzene rings is 2. The first-order valence-corrected chi connectivity index (χ1v) is 8.60. The molecule has 0 amide bonds. The lowest BCUT2D eigenvalue weighted by Crippen LogP contribution is -1.99. The van der Waals surface area contributed by atoms with Gasteiger partial charge >= 0.3 is 0 Å². The van der Waals surface area contributed by atoms with Gasteiger partial charge in [0, 0.05) is 6.42 Å². The summed E-state index contributed by atoms with van der Waals surface area (Å²) in [6.07, 6.45) is 4.82. The maximum atomic E-state index is 4.64. The third-order valence-electron chi connectivity index (χ3n) is 3.90. The molecule has 0 radical (unpaired) electrons. The molecule has 0 atom stereocenters. The highest BCUT2D eigenvalue weighted by Gasteiger charge is 2.11. The summed E-state index contributed by atoms with van der Waals surface area (Å²) >= 11 is 1.54. The van der Waals surface area contributed by atoms with E-state index in [1.54, 1.807) is 11.3 Å². The molecule has 0 saturated heterocycles. The van der Waals surface area contributed by atoms with Crippen LogP contribution >= 0.6 is 11.3 Å². The summed E-state index contributed by atoms with van der Waals surface area (Å²) in [6.45, 7) is 2.11. The van der Waals surface area contributed by atoms with E-state index in [0.29, 0.717) is 0 Å². The van der Waals surface area contributed by atoms with Crippen LogP contribution in [0.25, 0.3) is 17.1 Å². The van der Waals surface area contributed by atoms with Crippen LogP contribution in [0.15, 0.2) is 54.6 Å². The molecule has 0 unspecified atom stereocenters. The van der Waals surface area contributed by atoms with Gasteiger partial charge in [-0.2, -0.15) is 9.61 Å². The van der Waals surface area contributed by atoms with Crippen molar-refractivity contribution in [2.75, 3.05) is 0 Å². The monoisotopic (exact) mass is 332 g/mol. The maximum absolute atomic E-state index is 4.64. The Morgan fingerprint density at radius 2 is 1.75 bits per heavy atom. The van der Waals surface area contributed by atoms with Gasteiger partial charge in [0.1, 0.15) is 5.01 Å². The number of nitrogens with zero attached hydrogens (tertiary/aromatic N) is 4. The molecule has 4 aromatic rings. The number of hydrogen-bond donors (Lipinski definition) is 0. The molecule has 0 aliphatic rings. The van der Waals surface area contributed by atoms with E-state index in [9.17, 15) is 0 Å². The molecule has 2 heterocycles. The third kappa shape index (κ3) is 2.98. The van der Waals surface area contributed by atoms with Crippen LogP contribution in [0.2, 0.25) is 0 Å². The largest absolute Gasteiger partial charge is 0.234 e. The molecule has 0 fully saturated rings. The first kappa shape index (κ1) is 14.8. The van der Waals surface area contributed by atoms with Crippen molar-refractivity contribution in [3.63, 3.8) is 0 Å². The number of rotatable bonds is 4. The van der Waals surface area contributed by atoms with Crippen molar-refractivity contribution in [1.29, 1.82) is 0 Å². The van der Waals surface area contributed by atoms with Crippen LogP contribution in [0, 0.1) is 6.92 Å². The second-order valence-electron chi connectivity index (χ2n) is 5.60. The number of aromatic nitrogens is 4. The fourth-order valence-corrected chi connectivity index (χ4v) is 3.32. The van der Waals surface area contributed by atoms with Crippen molar-refractivity contribution in [3.8, 4) is 0 Å². The minimum absolute atomic E-state index is 0.736. The Morgan fingerprint density at radius 3 is 2.58 bits per heavy atom. The highest BCUT2D eigenvalue weighted by atomic mass is 32.1. The lowest BCUT2D eigenvalue weighted by Gasteiger charge is -2.02. The molecule has 0 bridgehead atoms. The van der Waals surface area contributed by atoms with Crippen molar-refractivity contribution in [3.05, 3.63) is 82.1 Å². The van der Waals surface area contributed by atoms with E-state index >= 15 is 0 Å². The van der Waals surface area contributed by atoms with Gasteiger partial charge < -0.3 is 0 Å². The summed E-state index contributed by atoms with van der Waals surface area (Å²) in [5.74, 6) is 0.870. The van der Waals surface area contributed by atoms with Crippen molar-refractivity contribution in [2.24, 2.45) is 0 Å². The van der Waals surface area contributed by atoms with Gasteiger partial charge in [0.25, 0.3) is 0 Å². The predicted molar refractivity (Wildman–Crippen MR) is 98.0 cm³/mol. The quantitative estimate of drug-likeness (QED) is 0.561. The van der Waals surface area contributed by atoms with Crippen LogP contribution in [0.3, 0.4) is 0 Å². The molecule has 0 saturated carbocycles. The Balaban J connectivity index is 1.62. The van der Waals surface area contributed by atoms with Gasteiger partial charge in [0.05, 0.1) is 0 Å². The van der Waals surface area contributed by atoms with Crippen molar-refractivity contribution >= 4 is 28.4 Å². The summed E-state index contributed by atoms with van der Waals surface area (Å²) in [7, 11) is 0. The molecule has 0 N–H and O–H groups in total. The molecule has 24 heavy (non-hydrogen) atoms. The third-order valence-corrected chi connectivity index (χ3v) is 4.76. The summed E-state index contributed by atoms with van der Waals surface area (Å²) in [5.41, 5.74) is 3.67. The Kier molecular flexibility index (Phi) is 3.92. The smallest absolute Gasteiger partial charge is 0.187 e. The van der Waals surface area contributed by atoms with Gasteiger partial charge in [-0.3, -0.25) is 0 Å². The summed E-state index contributed by atoms with van der Waals surface area (Å²) in [4.78, 5) is 0.825. The van der Waals surface area contributed by atoms with Gasteiger partial charge in [-0.1, -0.05) is 72.0 Å². The van der Waals surface area contributed by atoms with Gasteiger partial charge in [-0.15, -0.1) is 10.2 Å². The van der Waals surface area contributed by atoms with E-state index in [1.807, 2.05) is 34.9 Å². The van der Waals surface area contributed by atoms with Gasteiger partial charge in [0.15, 0.2) is 5.82 Å². The highest BCUT2D eigenvalue weighted by Crippen LogP contribution is 2.19. The molecule has 4 nitrogen and oxygen atoms in total. The number of aryl methyl sites for hydroxylation is 1. The zero-order valence-corrected chi connectivity index (χ0v) is 14.1. The van der Waals surface area contributed by atoms with E-state index in [2.05, 4.69) is 58.6 Å². The molecular formula is C19H16N4S. The van der Waals surface area contributed by atoms with Crippen LogP contribution in [-0.4, -0.2) is 19.8 Å². The lowest BCUT2D eigenvalue weighted by atomic mass is 10.1. The fourth-order valence-electron chi connectivity index (χ4n) is 2.56. The highest BCUT2D eigenvalue weighted by molar-refractivity contribution is 7.17. The molecule has 2 aromatic carbocycles. The second-order valence-corrected chi connectivity index (χ2v) is 6.59. The van der Waals surface area contributed by atoms with Crippen molar-refractivity contribution in [1.82, 2.24) is 19.8 Å². The van der Waals surface area contributed by atoms with E-state index < -0.39 is 0 Å². The normalized spacial score (nSPS) is 11.5. The van der Waals surface area contributed by atoms with E-state index in [4.69, 9.17) is 0 Å². The average molecular weight is 332 g/mol. The molecular weight excluding hydrogens is 316 g/mol. The molecule has 2 aromatic heterocycles. The minimum Gasteiger partial charge on any atom is -0.187 e. The van der Waals surface area contributed by atoms with E-state index in [-0.39, 0.29) is 0 Å². The Hall–Kier alpha value is -2.79. The Morgan fingerprint density at radius 1 is 0.958 bits per heavy atom. The predicted octanol–water partition coefficient (Wildman–Crippen LogP) is 4.26. The van der Waals surface area contributed by atoms with E-state index in [1.165, 1.54) is 11.1 Å². The van der Waals surface area contributed by atoms with Crippen LogP contribution in [0.5, 0.6) is 0 Å². The standard InChI is InChI=1S/C19H16N4S/c1-14-7-5-6-10-16(14)13-17-20-21-19-23(17)22-18(24-19)12-11-15-8-3-2-4-9-15/h2-12H,13H2,1H3. The Labute approximate surface area is 144 Å². The van der Waals surface area contributed by atoms with Crippen LogP contribution in [0.1, 0.15) is 27.5 Å². The Bertz CT molecular complexity index is 999. The maximum Gasteiger partial charge on any atom is 0.234 e. The molecule has 0 aliphatic carbocycles. The summed E-state index contributed by atoms with van der Waals surface area (Å²) < 4.78 is 1.85. The average Bonchev–Trinajstić information content (AvgIpc) is 3.17. The van der Waals surface area contributed by atoms with Gasteiger partial charge in [-0.25, -0.2) is 0 Å². The minimum atomic E-state index is 0.736. The van der Waals surface area contributed by atoms with Crippen LogP contribution < -0.4 is 0 Å². The summed E-state index contributed by atoms with van der Waals surface area (Å²) in [6, 6.07) is 18.5. The molecule has 0 aliphatic heterocycles. The van der Waals surface area contributed by atoms with E-state index in [0.717, 1.165) is 27.8 Å². The lowest BCUT2D eigenvalue weighted by molar-refractivity contribution is 0.846. The molecule has 0 spiro atoms. The van der Waals surface area contributed by atoms with Crippen LogP contribution in [-0.2, 0) is 6.42 Å². The number of hydrogen-bond acceptors (Lipinski definition) is 4. The van der Waals surface area contributed by atoms with Crippen LogP contribution in [0.4, 0.5) is 0 Å². The zero-order chi connectivity index (χ0) is 16.4. The summed E-state index contributed by atoms with van der Waals surface area (Å²) in [5, 5.41) is 14.1. The van der Waals surface area contributed by atoms with Crippen molar-refractivity contribution < 1.29 is 0 Å². The van der Waals surface area contributed by atoms with Gasteiger partial charge in [-0.05, 0) is 29.7 Å².